The summed E-state index contributed by atoms with van der Waals surface area (Å²) in [6.07, 6.45) is 0.310. The van der Waals surface area contributed by atoms with Gasteiger partial charge in [-0.1, -0.05) is 0 Å². The molecule has 0 aliphatic rings. The van der Waals surface area contributed by atoms with Crippen molar-refractivity contribution in [2.75, 3.05) is 10.6 Å². The Balaban J connectivity index is 1.76. The van der Waals surface area contributed by atoms with Crippen LogP contribution in [0.3, 0.4) is 0 Å². The van der Waals surface area contributed by atoms with Crippen LogP contribution in [0.15, 0.2) is 48.5 Å². The van der Waals surface area contributed by atoms with Gasteiger partial charge < -0.3 is 10.6 Å². The third-order valence-corrected chi connectivity index (χ3v) is 4.27. The second kappa shape index (κ2) is 8.47. The zero-order chi connectivity index (χ0) is 15.9. The second-order valence-electron chi connectivity index (χ2n) is 4.61. The molecule has 0 heterocycles. The largest absolute Gasteiger partial charge is 0.326 e. The first kappa shape index (κ1) is 17.2. The zero-order valence-electron chi connectivity index (χ0n) is 11.6. The van der Waals surface area contributed by atoms with Crippen molar-refractivity contribution in [3.63, 3.8) is 0 Å². The van der Waals surface area contributed by atoms with Gasteiger partial charge in [-0.05, 0) is 93.7 Å². The van der Waals surface area contributed by atoms with Gasteiger partial charge in [0.15, 0.2) is 0 Å². The molecule has 0 fully saturated rings. The standard InChI is InChI=1S/C16H14I2N2O2/c17-11-1-5-13(6-2-11)19-15(21)9-10-16(22)20-14-7-3-12(18)4-8-14/h1-8H,9-10H2,(H,19,21)(H,20,22). The maximum Gasteiger partial charge on any atom is 0.224 e. The Labute approximate surface area is 156 Å². The van der Waals surface area contributed by atoms with Crippen LogP contribution in [0.4, 0.5) is 11.4 Å². The summed E-state index contributed by atoms with van der Waals surface area (Å²) < 4.78 is 2.21. The SMILES string of the molecule is O=C(CCC(=O)Nc1ccc(I)cc1)Nc1ccc(I)cc1. The highest BCUT2D eigenvalue weighted by atomic mass is 127. The number of hydrogen-bond acceptors (Lipinski definition) is 2. The lowest BCUT2D eigenvalue weighted by Crippen LogP contribution is -2.17. The molecule has 0 atom stereocenters. The molecular formula is C16H14I2N2O2. The Kier molecular flexibility index (Phi) is 6.62. The Bertz CT molecular complexity index is 595. The van der Waals surface area contributed by atoms with Crippen molar-refractivity contribution in [1.82, 2.24) is 0 Å². The van der Waals surface area contributed by atoms with Gasteiger partial charge in [0, 0.05) is 31.4 Å². The molecule has 0 spiro atoms. The third-order valence-electron chi connectivity index (χ3n) is 2.84. The molecule has 0 saturated heterocycles. The van der Waals surface area contributed by atoms with Crippen LogP contribution < -0.4 is 10.6 Å². The first-order valence-electron chi connectivity index (χ1n) is 6.64. The average molecular weight is 520 g/mol. The first-order valence-corrected chi connectivity index (χ1v) is 8.79. The van der Waals surface area contributed by atoms with Crippen molar-refractivity contribution in [3.05, 3.63) is 55.7 Å². The fourth-order valence-electron chi connectivity index (χ4n) is 1.74. The lowest BCUT2D eigenvalue weighted by molar-refractivity contribution is -0.121. The predicted octanol–water partition coefficient (Wildman–Crippen LogP) is 4.25. The maximum atomic E-state index is 11.8. The van der Waals surface area contributed by atoms with Gasteiger partial charge in [-0.2, -0.15) is 0 Å². The molecule has 2 amide bonds. The molecular weight excluding hydrogens is 506 g/mol. The zero-order valence-corrected chi connectivity index (χ0v) is 15.9. The Morgan fingerprint density at radius 2 is 1.00 bits per heavy atom. The Hall–Kier alpha value is -1.16. The van der Waals surface area contributed by atoms with Crippen molar-refractivity contribution in [2.45, 2.75) is 12.8 Å². The lowest BCUT2D eigenvalue weighted by atomic mass is 10.2. The smallest absolute Gasteiger partial charge is 0.224 e. The minimum Gasteiger partial charge on any atom is -0.326 e. The molecule has 2 aromatic rings. The first-order chi connectivity index (χ1) is 10.5. The van der Waals surface area contributed by atoms with E-state index in [1.807, 2.05) is 48.5 Å². The molecule has 0 aliphatic heterocycles. The molecule has 0 bridgehead atoms. The molecule has 4 nitrogen and oxygen atoms in total. The van der Waals surface area contributed by atoms with Gasteiger partial charge >= 0.3 is 0 Å². The highest BCUT2D eigenvalue weighted by Crippen LogP contribution is 2.13. The molecule has 2 N–H and O–H groups in total. The number of carbonyl (C=O) groups excluding carboxylic acids is 2. The lowest BCUT2D eigenvalue weighted by Gasteiger charge is -2.07. The van der Waals surface area contributed by atoms with Crippen LogP contribution in [-0.2, 0) is 9.59 Å². The average Bonchev–Trinajstić information content (AvgIpc) is 2.50. The van der Waals surface area contributed by atoms with Crippen LogP contribution in [0.2, 0.25) is 0 Å². The van der Waals surface area contributed by atoms with Gasteiger partial charge in [0.2, 0.25) is 11.8 Å². The van der Waals surface area contributed by atoms with E-state index in [1.165, 1.54) is 0 Å². The van der Waals surface area contributed by atoms with Crippen molar-refractivity contribution < 1.29 is 9.59 Å². The summed E-state index contributed by atoms with van der Waals surface area (Å²) >= 11 is 4.40. The minimum atomic E-state index is -0.168. The Morgan fingerprint density at radius 3 is 1.32 bits per heavy atom. The van der Waals surface area contributed by atoms with Crippen molar-refractivity contribution in [2.24, 2.45) is 0 Å². The fourth-order valence-corrected chi connectivity index (χ4v) is 2.46. The molecule has 2 rings (SSSR count). The molecule has 0 unspecified atom stereocenters. The van der Waals surface area contributed by atoms with E-state index < -0.39 is 0 Å². The fraction of sp³-hybridized carbons (Fsp3) is 0.125. The number of benzene rings is 2. The van der Waals surface area contributed by atoms with E-state index in [4.69, 9.17) is 0 Å². The molecule has 22 heavy (non-hydrogen) atoms. The van der Waals surface area contributed by atoms with E-state index in [0.717, 1.165) is 18.5 Å². The van der Waals surface area contributed by atoms with Crippen molar-refractivity contribution in [3.8, 4) is 0 Å². The summed E-state index contributed by atoms with van der Waals surface area (Å²) in [6.45, 7) is 0. The number of nitrogens with one attached hydrogen (secondary N) is 2. The van der Waals surface area contributed by atoms with E-state index in [9.17, 15) is 9.59 Å². The van der Waals surface area contributed by atoms with Crippen molar-refractivity contribution >= 4 is 68.4 Å². The van der Waals surface area contributed by atoms with E-state index in [2.05, 4.69) is 55.8 Å². The van der Waals surface area contributed by atoms with Crippen LogP contribution in [0, 0.1) is 7.14 Å². The quantitative estimate of drug-likeness (QED) is 0.580. The van der Waals surface area contributed by atoms with Gasteiger partial charge in [0.25, 0.3) is 0 Å². The summed E-state index contributed by atoms with van der Waals surface area (Å²) in [5, 5.41) is 5.55. The highest BCUT2D eigenvalue weighted by molar-refractivity contribution is 14.1. The van der Waals surface area contributed by atoms with Crippen LogP contribution >= 0.6 is 45.2 Å². The van der Waals surface area contributed by atoms with Gasteiger partial charge in [0.1, 0.15) is 0 Å². The van der Waals surface area contributed by atoms with E-state index in [-0.39, 0.29) is 24.7 Å². The summed E-state index contributed by atoms with van der Waals surface area (Å²) in [5.41, 5.74) is 1.48. The van der Waals surface area contributed by atoms with Gasteiger partial charge in [-0.15, -0.1) is 0 Å². The molecule has 6 heteroatoms. The highest BCUT2D eigenvalue weighted by Gasteiger charge is 2.07. The van der Waals surface area contributed by atoms with Crippen LogP contribution in [-0.4, -0.2) is 11.8 Å². The van der Waals surface area contributed by atoms with E-state index in [0.29, 0.717) is 0 Å². The molecule has 0 aliphatic carbocycles. The summed E-state index contributed by atoms with van der Waals surface area (Å²) in [7, 11) is 0. The van der Waals surface area contributed by atoms with Crippen LogP contribution in [0.5, 0.6) is 0 Å². The Morgan fingerprint density at radius 1 is 0.682 bits per heavy atom. The van der Waals surface area contributed by atoms with E-state index in [1.54, 1.807) is 0 Å². The third kappa shape index (κ3) is 5.91. The maximum absolute atomic E-state index is 11.8. The second-order valence-corrected chi connectivity index (χ2v) is 7.10. The predicted molar refractivity (Wildman–Crippen MR) is 105 cm³/mol. The van der Waals surface area contributed by atoms with Crippen LogP contribution in [0.25, 0.3) is 0 Å². The number of carbonyl (C=O) groups is 2. The molecule has 114 valence electrons. The monoisotopic (exact) mass is 520 g/mol. The molecule has 0 aromatic heterocycles. The molecule has 0 saturated carbocycles. The number of amides is 2. The van der Waals surface area contributed by atoms with Gasteiger partial charge in [-0.25, -0.2) is 0 Å². The summed E-state index contributed by atoms with van der Waals surface area (Å²) in [4.78, 5) is 23.6. The molecule has 0 radical (unpaired) electrons. The van der Waals surface area contributed by atoms with E-state index >= 15 is 0 Å². The normalized spacial score (nSPS) is 10.1. The topological polar surface area (TPSA) is 58.2 Å². The number of halogens is 2. The number of hydrogen-bond donors (Lipinski definition) is 2. The van der Waals surface area contributed by atoms with Crippen LogP contribution in [0.1, 0.15) is 12.8 Å². The molecule has 2 aromatic carbocycles. The van der Waals surface area contributed by atoms with Gasteiger partial charge in [0.05, 0.1) is 0 Å². The number of rotatable bonds is 5. The van der Waals surface area contributed by atoms with Gasteiger partial charge in [-0.3, -0.25) is 9.59 Å². The number of anilines is 2. The summed E-state index contributed by atoms with van der Waals surface area (Å²) in [5.74, 6) is -0.335. The van der Waals surface area contributed by atoms with Crippen molar-refractivity contribution in [1.29, 1.82) is 0 Å². The summed E-state index contributed by atoms with van der Waals surface area (Å²) in [6, 6.07) is 15.0. The minimum absolute atomic E-state index is 0.155.